The van der Waals surface area contributed by atoms with Crippen molar-refractivity contribution >= 4 is 5.91 Å². The number of carbonyl (C=O) groups is 1. The van der Waals surface area contributed by atoms with Crippen molar-refractivity contribution in [1.29, 1.82) is 0 Å². The summed E-state index contributed by atoms with van der Waals surface area (Å²) >= 11 is 0. The normalized spacial score (nSPS) is 17.1. The minimum atomic E-state index is -0.933. The lowest BCUT2D eigenvalue weighted by Crippen LogP contribution is -2.58. The number of nitrogens with zero attached hydrogens (tertiary/aromatic N) is 1. The van der Waals surface area contributed by atoms with Crippen molar-refractivity contribution in [3.63, 3.8) is 0 Å². The summed E-state index contributed by atoms with van der Waals surface area (Å²) in [5, 5.41) is 0. The molecule has 96 valence electrons. The van der Waals surface area contributed by atoms with Crippen LogP contribution >= 0.6 is 0 Å². The zero-order chi connectivity index (χ0) is 12.8. The van der Waals surface area contributed by atoms with Gasteiger partial charge in [-0.25, -0.2) is 0 Å². The number of hydrogen-bond acceptors (Lipinski definition) is 3. The van der Waals surface area contributed by atoms with Gasteiger partial charge in [0.05, 0.1) is 0 Å². The first-order valence-electron chi connectivity index (χ1n) is 6.18. The highest BCUT2D eigenvalue weighted by molar-refractivity contribution is 5.84. The van der Waals surface area contributed by atoms with E-state index < -0.39 is 11.4 Å². The van der Waals surface area contributed by atoms with E-state index >= 15 is 0 Å². The standard InChI is InChI=1S/C12H27N3O/c1-5-7-8-15(10(3)6-2)9-12(4,14)11(13)16/h10H,5-9,14H2,1-4H3,(H2,13,16). The van der Waals surface area contributed by atoms with E-state index in [4.69, 9.17) is 11.5 Å². The number of hydrogen-bond donors (Lipinski definition) is 2. The lowest BCUT2D eigenvalue weighted by molar-refractivity contribution is -0.123. The summed E-state index contributed by atoms with van der Waals surface area (Å²) < 4.78 is 0. The fraction of sp³-hybridized carbons (Fsp3) is 0.917. The van der Waals surface area contributed by atoms with Crippen LogP contribution in [-0.2, 0) is 4.79 Å². The molecule has 0 rings (SSSR count). The molecule has 0 radical (unpaired) electrons. The lowest BCUT2D eigenvalue weighted by atomic mass is 10.0. The third kappa shape index (κ3) is 4.94. The quantitative estimate of drug-likeness (QED) is 0.654. The number of carbonyl (C=O) groups excluding carboxylic acids is 1. The molecule has 4 heteroatoms. The Morgan fingerprint density at radius 1 is 1.44 bits per heavy atom. The van der Waals surface area contributed by atoms with Crippen LogP contribution in [0.1, 0.15) is 47.0 Å². The van der Waals surface area contributed by atoms with E-state index in [9.17, 15) is 4.79 Å². The van der Waals surface area contributed by atoms with Gasteiger partial charge in [0.25, 0.3) is 0 Å². The van der Waals surface area contributed by atoms with Crippen LogP contribution in [0, 0.1) is 0 Å². The summed E-state index contributed by atoms with van der Waals surface area (Å²) in [6.45, 7) is 9.68. The average molecular weight is 229 g/mol. The van der Waals surface area contributed by atoms with Crippen LogP contribution < -0.4 is 11.5 Å². The van der Waals surface area contributed by atoms with Crippen molar-refractivity contribution in [2.24, 2.45) is 11.5 Å². The van der Waals surface area contributed by atoms with Crippen LogP contribution in [0.4, 0.5) is 0 Å². The Bertz CT molecular complexity index is 216. The summed E-state index contributed by atoms with van der Waals surface area (Å²) in [7, 11) is 0. The number of rotatable bonds is 8. The molecule has 0 saturated heterocycles. The topological polar surface area (TPSA) is 72.3 Å². The van der Waals surface area contributed by atoms with Crippen LogP contribution in [0.25, 0.3) is 0 Å². The van der Waals surface area contributed by atoms with E-state index in [1.165, 1.54) is 0 Å². The molecule has 0 aromatic rings. The Kier molecular flexibility index (Phi) is 6.60. The number of nitrogens with two attached hydrogens (primary N) is 2. The molecule has 0 aromatic carbocycles. The summed E-state index contributed by atoms with van der Waals surface area (Å²) in [6.07, 6.45) is 3.32. The van der Waals surface area contributed by atoms with Gasteiger partial charge in [-0.2, -0.15) is 0 Å². The van der Waals surface area contributed by atoms with Crippen LogP contribution in [0.3, 0.4) is 0 Å². The Labute approximate surface area is 99.4 Å². The zero-order valence-electron chi connectivity index (χ0n) is 11.1. The minimum absolute atomic E-state index is 0.433. The summed E-state index contributed by atoms with van der Waals surface area (Å²) in [5.41, 5.74) is 10.3. The lowest BCUT2D eigenvalue weighted by Gasteiger charge is -2.34. The van der Waals surface area contributed by atoms with Gasteiger partial charge >= 0.3 is 0 Å². The Morgan fingerprint density at radius 3 is 2.38 bits per heavy atom. The van der Waals surface area contributed by atoms with Crippen LogP contribution in [0.15, 0.2) is 0 Å². The largest absolute Gasteiger partial charge is 0.368 e. The maximum absolute atomic E-state index is 11.2. The first-order valence-corrected chi connectivity index (χ1v) is 6.18. The fourth-order valence-electron chi connectivity index (χ4n) is 1.57. The molecule has 0 saturated carbocycles. The monoisotopic (exact) mass is 229 g/mol. The highest BCUT2D eigenvalue weighted by atomic mass is 16.1. The maximum Gasteiger partial charge on any atom is 0.238 e. The van der Waals surface area contributed by atoms with Gasteiger partial charge in [0.15, 0.2) is 0 Å². The first kappa shape index (κ1) is 15.4. The third-order valence-corrected chi connectivity index (χ3v) is 3.11. The highest BCUT2D eigenvalue weighted by Crippen LogP contribution is 2.10. The molecular weight excluding hydrogens is 202 g/mol. The Morgan fingerprint density at radius 2 is 2.00 bits per heavy atom. The van der Waals surface area contributed by atoms with Gasteiger partial charge in [0.2, 0.25) is 5.91 Å². The van der Waals surface area contributed by atoms with E-state index in [2.05, 4.69) is 25.7 Å². The number of primary amides is 1. The average Bonchev–Trinajstić information content (AvgIpc) is 2.22. The molecule has 0 aliphatic rings. The smallest absolute Gasteiger partial charge is 0.238 e. The summed E-state index contributed by atoms with van der Waals surface area (Å²) in [6, 6.07) is 0.439. The number of unbranched alkanes of at least 4 members (excludes halogenated alkanes) is 1. The third-order valence-electron chi connectivity index (χ3n) is 3.11. The second kappa shape index (κ2) is 6.86. The van der Waals surface area contributed by atoms with E-state index in [1.807, 2.05) is 0 Å². The molecule has 0 bridgehead atoms. The Balaban J connectivity index is 4.46. The predicted molar refractivity (Wildman–Crippen MR) is 68.0 cm³/mol. The summed E-state index contributed by atoms with van der Waals surface area (Å²) in [5.74, 6) is -0.433. The Hall–Kier alpha value is -0.610. The van der Waals surface area contributed by atoms with Gasteiger partial charge < -0.3 is 11.5 Å². The van der Waals surface area contributed by atoms with Crippen LogP contribution in [0.5, 0.6) is 0 Å². The fourth-order valence-corrected chi connectivity index (χ4v) is 1.57. The van der Waals surface area contributed by atoms with Crippen molar-refractivity contribution in [2.75, 3.05) is 13.1 Å². The van der Waals surface area contributed by atoms with E-state index in [0.717, 1.165) is 25.8 Å². The second-order valence-corrected chi connectivity index (χ2v) is 4.86. The van der Waals surface area contributed by atoms with Crippen LogP contribution in [-0.4, -0.2) is 35.5 Å². The highest BCUT2D eigenvalue weighted by Gasteiger charge is 2.29. The molecule has 0 aliphatic carbocycles. The molecule has 2 unspecified atom stereocenters. The molecular formula is C12H27N3O. The van der Waals surface area contributed by atoms with Crippen molar-refractivity contribution in [1.82, 2.24) is 4.90 Å². The first-order chi connectivity index (χ1) is 7.35. The van der Waals surface area contributed by atoms with Gasteiger partial charge in [-0.05, 0) is 33.2 Å². The van der Waals surface area contributed by atoms with E-state index in [1.54, 1.807) is 6.92 Å². The number of amides is 1. The molecule has 4 nitrogen and oxygen atoms in total. The molecule has 2 atom stereocenters. The molecule has 0 aliphatic heterocycles. The molecule has 0 spiro atoms. The van der Waals surface area contributed by atoms with Crippen molar-refractivity contribution in [3.05, 3.63) is 0 Å². The van der Waals surface area contributed by atoms with Crippen molar-refractivity contribution < 1.29 is 4.79 Å². The molecule has 4 N–H and O–H groups in total. The van der Waals surface area contributed by atoms with Gasteiger partial charge in [0.1, 0.15) is 5.54 Å². The second-order valence-electron chi connectivity index (χ2n) is 4.86. The molecule has 16 heavy (non-hydrogen) atoms. The van der Waals surface area contributed by atoms with E-state index in [-0.39, 0.29) is 0 Å². The van der Waals surface area contributed by atoms with Crippen molar-refractivity contribution in [2.45, 2.75) is 58.5 Å². The van der Waals surface area contributed by atoms with Gasteiger partial charge in [-0.3, -0.25) is 9.69 Å². The maximum atomic E-state index is 11.2. The van der Waals surface area contributed by atoms with Gasteiger partial charge in [0, 0.05) is 12.6 Å². The molecule has 0 heterocycles. The van der Waals surface area contributed by atoms with Gasteiger partial charge in [-0.1, -0.05) is 20.3 Å². The molecule has 0 aromatic heterocycles. The summed E-state index contributed by atoms with van der Waals surface area (Å²) in [4.78, 5) is 13.5. The van der Waals surface area contributed by atoms with Crippen molar-refractivity contribution in [3.8, 4) is 0 Å². The zero-order valence-corrected chi connectivity index (χ0v) is 11.1. The predicted octanol–water partition coefficient (Wildman–Crippen LogP) is 1.09. The molecule has 1 amide bonds. The SMILES string of the molecule is CCCCN(CC(C)(N)C(N)=O)C(C)CC. The molecule has 0 fully saturated rings. The minimum Gasteiger partial charge on any atom is -0.368 e. The van der Waals surface area contributed by atoms with Crippen LogP contribution in [0.2, 0.25) is 0 Å². The van der Waals surface area contributed by atoms with E-state index in [0.29, 0.717) is 12.6 Å². The van der Waals surface area contributed by atoms with Gasteiger partial charge in [-0.15, -0.1) is 0 Å².